The second kappa shape index (κ2) is 3.93. The van der Waals surface area contributed by atoms with Crippen LogP contribution in [0.5, 0.6) is 0 Å². The van der Waals surface area contributed by atoms with E-state index in [0.29, 0.717) is 6.07 Å². The van der Waals surface area contributed by atoms with Crippen LogP contribution in [0.3, 0.4) is 0 Å². The largest absolute Gasteiger partial charge is 0.480 e. The number of halogens is 2. The number of benzene rings is 1. The molecule has 0 unspecified atom stereocenters. The summed E-state index contributed by atoms with van der Waals surface area (Å²) in [7, 11) is 0. The monoisotopic (exact) mass is 240 g/mol. The standard InChI is InChI=1S/C10H6F2N2O3/c11-6-1-5-8(2-7(6)12)13-4-14(10(5)17)3-9(15)16/h1-2,4H,3H2,(H,15,16). The number of hydrogen-bond acceptors (Lipinski definition) is 3. The molecular weight excluding hydrogens is 234 g/mol. The Bertz CT molecular complexity index is 666. The van der Waals surface area contributed by atoms with E-state index in [1.807, 2.05) is 0 Å². The van der Waals surface area contributed by atoms with Crippen molar-refractivity contribution in [2.45, 2.75) is 6.54 Å². The Kier molecular flexibility index (Phi) is 2.58. The van der Waals surface area contributed by atoms with Crippen molar-refractivity contribution in [1.82, 2.24) is 9.55 Å². The van der Waals surface area contributed by atoms with Gasteiger partial charge in [0.2, 0.25) is 0 Å². The number of nitrogens with zero attached hydrogens (tertiary/aromatic N) is 2. The smallest absolute Gasteiger partial charge is 0.323 e. The van der Waals surface area contributed by atoms with Gasteiger partial charge in [-0.2, -0.15) is 0 Å². The third kappa shape index (κ3) is 1.99. The van der Waals surface area contributed by atoms with Gasteiger partial charge in [0.25, 0.3) is 5.56 Å². The number of carboxylic acid groups (broad SMARTS) is 1. The zero-order valence-electron chi connectivity index (χ0n) is 8.35. The van der Waals surface area contributed by atoms with Gasteiger partial charge in [-0.3, -0.25) is 14.2 Å². The summed E-state index contributed by atoms with van der Waals surface area (Å²) in [6.45, 7) is -0.583. The van der Waals surface area contributed by atoms with Crippen LogP contribution in [0.4, 0.5) is 8.78 Å². The summed E-state index contributed by atoms with van der Waals surface area (Å²) in [4.78, 5) is 25.8. The van der Waals surface area contributed by atoms with E-state index in [4.69, 9.17) is 5.11 Å². The van der Waals surface area contributed by atoms with Crippen LogP contribution in [0.15, 0.2) is 23.3 Å². The molecule has 0 spiro atoms. The van der Waals surface area contributed by atoms with Gasteiger partial charge in [-0.15, -0.1) is 0 Å². The average Bonchev–Trinajstić information content (AvgIpc) is 2.25. The van der Waals surface area contributed by atoms with E-state index < -0.39 is 29.7 Å². The molecule has 0 aliphatic carbocycles. The minimum absolute atomic E-state index is 0.0180. The number of carbonyl (C=O) groups is 1. The van der Waals surface area contributed by atoms with Gasteiger partial charge in [-0.1, -0.05) is 0 Å². The molecule has 5 nitrogen and oxygen atoms in total. The maximum Gasteiger partial charge on any atom is 0.323 e. The Morgan fingerprint density at radius 1 is 1.35 bits per heavy atom. The summed E-state index contributed by atoms with van der Waals surface area (Å²) in [6, 6.07) is 1.50. The van der Waals surface area contributed by atoms with Crippen molar-refractivity contribution in [3.05, 3.63) is 40.4 Å². The highest BCUT2D eigenvalue weighted by Gasteiger charge is 2.10. The highest BCUT2D eigenvalue weighted by atomic mass is 19.2. The van der Waals surface area contributed by atoms with Gasteiger partial charge in [0.1, 0.15) is 6.54 Å². The van der Waals surface area contributed by atoms with Crippen molar-refractivity contribution in [2.75, 3.05) is 0 Å². The molecule has 0 radical (unpaired) electrons. The molecule has 88 valence electrons. The number of aliphatic carboxylic acids is 1. The Hall–Kier alpha value is -2.31. The molecule has 0 bridgehead atoms. The first kappa shape index (κ1) is 11.2. The van der Waals surface area contributed by atoms with Crippen molar-refractivity contribution in [3.8, 4) is 0 Å². The number of rotatable bonds is 2. The fourth-order valence-corrected chi connectivity index (χ4v) is 1.41. The topological polar surface area (TPSA) is 72.2 Å². The van der Waals surface area contributed by atoms with Crippen LogP contribution in [0.25, 0.3) is 10.9 Å². The molecule has 0 atom stereocenters. The fourth-order valence-electron chi connectivity index (χ4n) is 1.41. The maximum absolute atomic E-state index is 13.0. The summed E-state index contributed by atoms with van der Waals surface area (Å²) >= 11 is 0. The lowest BCUT2D eigenvalue weighted by Gasteiger charge is -2.03. The highest BCUT2D eigenvalue weighted by molar-refractivity contribution is 5.77. The molecule has 1 aromatic heterocycles. The Morgan fingerprint density at radius 2 is 2.00 bits per heavy atom. The van der Waals surface area contributed by atoms with E-state index in [-0.39, 0.29) is 10.9 Å². The minimum Gasteiger partial charge on any atom is -0.480 e. The number of aromatic nitrogens is 2. The normalized spacial score (nSPS) is 10.7. The summed E-state index contributed by atoms with van der Waals surface area (Å²) < 4.78 is 26.6. The molecular formula is C10H6F2N2O3. The molecule has 17 heavy (non-hydrogen) atoms. The van der Waals surface area contributed by atoms with Gasteiger partial charge in [0, 0.05) is 6.07 Å². The van der Waals surface area contributed by atoms with Gasteiger partial charge in [0.15, 0.2) is 11.6 Å². The quantitative estimate of drug-likeness (QED) is 0.841. The van der Waals surface area contributed by atoms with Crippen LogP contribution in [0.1, 0.15) is 0 Å². The molecule has 0 fully saturated rings. The number of carboxylic acids is 1. The van der Waals surface area contributed by atoms with Crippen molar-refractivity contribution >= 4 is 16.9 Å². The van der Waals surface area contributed by atoms with E-state index in [9.17, 15) is 18.4 Å². The summed E-state index contributed by atoms with van der Waals surface area (Å²) in [5.74, 6) is -3.51. The first-order chi connectivity index (χ1) is 7.99. The van der Waals surface area contributed by atoms with Crippen LogP contribution < -0.4 is 5.56 Å². The van der Waals surface area contributed by atoms with E-state index >= 15 is 0 Å². The van der Waals surface area contributed by atoms with Crippen LogP contribution in [0.2, 0.25) is 0 Å². The predicted octanol–water partition coefficient (Wildman–Crippen LogP) is 0.759. The molecule has 1 N–H and O–H groups in total. The molecule has 1 aromatic carbocycles. The van der Waals surface area contributed by atoms with Gasteiger partial charge >= 0.3 is 5.97 Å². The summed E-state index contributed by atoms with van der Waals surface area (Å²) in [5, 5.41) is 8.38. The molecule has 2 rings (SSSR count). The van der Waals surface area contributed by atoms with E-state index in [0.717, 1.165) is 17.0 Å². The van der Waals surface area contributed by atoms with Gasteiger partial charge in [-0.05, 0) is 6.07 Å². The summed E-state index contributed by atoms with van der Waals surface area (Å²) in [5.41, 5.74) is -0.744. The molecule has 0 saturated heterocycles. The SMILES string of the molecule is O=C(O)Cn1cnc2cc(F)c(F)cc2c1=O. The third-order valence-electron chi connectivity index (χ3n) is 2.17. The second-order valence-corrected chi connectivity index (χ2v) is 3.35. The Balaban J connectivity index is 2.71. The van der Waals surface area contributed by atoms with Crippen LogP contribution in [0, 0.1) is 11.6 Å². The van der Waals surface area contributed by atoms with Crippen molar-refractivity contribution in [2.24, 2.45) is 0 Å². The van der Waals surface area contributed by atoms with Crippen LogP contribution >= 0.6 is 0 Å². The molecule has 2 aromatic rings. The second-order valence-electron chi connectivity index (χ2n) is 3.35. The van der Waals surface area contributed by atoms with Gasteiger partial charge in [0.05, 0.1) is 17.2 Å². The highest BCUT2D eigenvalue weighted by Crippen LogP contribution is 2.12. The zero-order chi connectivity index (χ0) is 12.6. The number of hydrogen-bond donors (Lipinski definition) is 1. The first-order valence-electron chi connectivity index (χ1n) is 4.55. The lowest BCUT2D eigenvalue weighted by Crippen LogP contribution is -2.24. The molecule has 0 saturated carbocycles. The van der Waals surface area contributed by atoms with Gasteiger partial charge in [-0.25, -0.2) is 13.8 Å². The van der Waals surface area contributed by atoms with Gasteiger partial charge < -0.3 is 5.11 Å². The van der Waals surface area contributed by atoms with Crippen molar-refractivity contribution < 1.29 is 18.7 Å². The predicted molar refractivity (Wildman–Crippen MR) is 53.6 cm³/mol. The third-order valence-corrected chi connectivity index (χ3v) is 2.17. The minimum atomic E-state index is -1.23. The van der Waals surface area contributed by atoms with E-state index in [1.165, 1.54) is 0 Å². The average molecular weight is 240 g/mol. The fraction of sp³-hybridized carbons (Fsp3) is 0.100. The molecule has 0 aliphatic heterocycles. The van der Waals surface area contributed by atoms with Crippen molar-refractivity contribution in [3.63, 3.8) is 0 Å². The lowest BCUT2D eigenvalue weighted by molar-refractivity contribution is -0.137. The molecule has 1 heterocycles. The van der Waals surface area contributed by atoms with Crippen LogP contribution in [-0.4, -0.2) is 20.6 Å². The zero-order valence-corrected chi connectivity index (χ0v) is 8.35. The summed E-state index contributed by atoms with van der Waals surface area (Å²) in [6.07, 6.45) is 0.982. The maximum atomic E-state index is 13.0. The molecule has 7 heteroatoms. The van der Waals surface area contributed by atoms with E-state index in [1.54, 1.807) is 0 Å². The van der Waals surface area contributed by atoms with Crippen LogP contribution in [-0.2, 0) is 11.3 Å². The lowest BCUT2D eigenvalue weighted by atomic mass is 10.2. The first-order valence-corrected chi connectivity index (χ1v) is 4.55. The number of fused-ring (bicyclic) bond motifs is 1. The van der Waals surface area contributed by atoms with Crippen molar-refractivity contribution in [1.29, 1.82) is 0 Å². The Labute approximate surface area is 92.9 Å². The Morgan fingerprint density at radius 3 is 2.65 bits per heavy atom. The molecule has 0 amide bonds. The molecule has 0 aliphatic rings. The van der Waals surface area contributed by atoms with E-state index in [2.05, 4.69) is 4.98 Å².